The Hall–Kier alpha value is 0.455. The Morgan fingerprint density at radius 2 is 2.27 bits per heavy atom. The van der Waals surface area contributed by atoms with E-state index >= 15 is 0 Å². The van der Waals surface area contributed by atoms with E-state index < -0.39 is 0 Å². The summed E-state index contributed by atoms with van der Waals surface area (Å²) in [6, 6.07) is 0.448. The smallest absolute Gasteiger partial charge is 0.140 e. The third kappa shape index (κ3) is 2.76. The second-order valence-electron chi connectivity index (χ2n) is 3.99. The molecule has 0 radical (unpaired) electrons. The van der Waals surface area contributed by atoms with Crippen molar-refractivity contribution in [1.29, 1.82) is 0 Å². The summed E-state index contributed by atoms with van der Waals surface area (Å²) in [6.07, 6.45) is 2.96. The Labute approximate surface area is 72.9 Å². The average Bonchev–Trinajstić information content (AvgIpc) is 2.10. The van der Waals surface area contributed by atoms with Gasteiger partial charge >= 0.3 is 0 Å². The van der Waals surface area contributed by atoms with Crippen molar-refractivity contribution in [1.82, 2.24) is 0 Å². The molecule has 1 aliphatic heterocycles. The minimum atomic E-state index is 0.448. The number of ether oxygens (including phenoxy) is 1. The van der Waals surface area contributed by atoms with Crippen LogP contribution in [0.1, 0.15) is 26.7 Å². The van der Waals surface area contributed by atoms with Crippen LogP contribution in [0.25, 0.3) is 0 Å². The molecule has 0 spiro atoms. The summed E-state index contributed by atoms with van der Waals surface area (Å²) in [5, 5.41) is 0. The van der Waals surface area contributed by atoms with Gasteiger partial charge in [-0.3, -0.25) is 0 Å². The van der Waals surface area contributed by atoms with Crippen LogP contribution >= 0.6 is 9.24 Å². The van der Waals surface area contributed by atoms with Crippen LogP contribution in [-0.2, 0) is 4.74 Å². The Bertz CT molecular complexity index is 117. The fourth-order valence-corrected chi connectivity index (χ4v) is 2.03. The lowest BCUT2D eigenvalue weighted by Gasteiger charge is -2.12. The molecule has 0 saturated carbocycles. The Balaban J connectivity index is 2.29. The molecule has 0 aromatic rings. The molecular weight excluding hydrogens is 154 g/mol. The molecule has 0 aromatic carbocycles. The monoisotopic (exact) mass is 172 g/mol. The summed E-state index contributed by atoms with van der Waals surface area (Å²) in [4.78, 5) is 0. The van der Waals surface area contributed by atoms with Gasteiger partial charge in [-0.15, -0.1) is 9.24 Å². The predicted octanol–water partition coefficient (Wildman–Crippen LogP) is 1.02. The summed E-state index contributed by atoms with van der Waals surface area (Å²) in [5.74, 6) is 0.766. The van der Waals surface area contributed by atoms with E-state index in [0.29, 0.717) is 17.8 Å². The van der Waals surface area contributed by atoms with Crippen LogP contribution in [0.3, 0.4) is 0 Å². The lowest BCUT2D eigenvalue weighted by Crippen LogP contribution is -2.15. The van der Waals surface area contributed by atoms with Crippen molar-refractivity contribution >= 4 is 17.1 Å². The molecule has 64 valence electrons. The van der Waals surface area contributed by atoms with Gasteiger partial charge in [0.2, 0.25) is 0 Å². The summed E-state index contributed by atoms with van der Waals surface area (Å²) < 4.78 is 5.76. The maximum Gasteiger partial charge on any atom is 0.140 e. The fraction of sp³-hybridized carbons (Fsp3) is 1.00. The van der Waals surface area contributed by atoms with Crippen LogP contribution in [-0.4, -0.2) is 25.6 Å². The summed E-state index contributed by atoms with van der Waals surface area (Å²) in [5.41, 5.74) is 0.679. The molecule has 1 saturated heterocycles. The molecular formula is C8H18BOP. The van der Waals surface area contributed by atoms with Gasteiger partial charge in [0.15, 0.2) is 0 Å². The molecule has 1 heterocycles. The van der Waals surface area contributed by atoms with E-state index in [1.807, 2.05) is 0 Å². The van der Waals surface area contributed by atoms with Crippen molar-refractivity contribution in [2.45, 2.75) is 44.5 Å². The van der Waals surface area contributed by atoms with Gasteiger partial charge in [0.05, 0.1) is 6.10 Å². The van der Waals surface area contributed by atoms with E-state index in [1.165, 1.54) is 12.8 Å². The summed E-state index contributed by atoms with van der Waals surface area (Å²) in [7, 11) is 5.04. The molecule has 11 heavy (non-hydrogen) atoms. The maximum atomic E-state index is 5.76. The Morgan fingerprint density at radius 1 is 1.64 bits per heavy atom. The molecule has 0 aromatic heterocycles. The van der Waals surface area contributed by atoms with Gasteiger partial charge in [-0.2, -0.15) is 0 Å². The summed E-state index contributed by atoms with van der Waals surface area (Å²) >= 11 is 0. The van der Waals surface area contributed by atoms with Crippen molar-refractivity contribution in [3.63, 3.8) is 0 Å². The van der Waals surface area contributed by atoms with Crippen molar-refractivity contribution < 1.29 is 4.74 Å². The van der Waals surface area contributed by atoms with Crippen LogP contribution in [0.5, 0.6) is 0 Å². The highest BCUT2D eigenvalue weighted by Crippen LogP contribution is 2.28. The highest BCUT2D eigenvalue weighted by Gasteiger charge is 2.28. The highest BCUT2D eigenvalue weighted by molar-refractivity contribution is 7.17. The van der Waals surface area contributed by atoms with Gasteiger partial charge in [-0.1, -0.05) is 13.8 Å². The molecule has 3 heteroatoms. The van der Waals surface area contributed by atoms with Gasteiger partial charge in [-0.25, -0.2) is 0 Å². The summed E-state index contributed by atoms with van der Waals surface area (Å²) in [6.45, 7) is 4.51. The van der Waals surface area contributed by atoms with Gasteiger partial charge in [0.1, 0.15) is 7.85 Å². The third-order valence-corrected chi connectivity index (χ3v) is 3.09. The first-order valence-corrected chi connectivity index (χ1v) is 5.17. The van der Waals surface area contributed by atoms with E-state index in [1.54, 1.807) is 0 Å². The van der Waals surface area contributed by atoms with E-state index in [9.17, 15) is 0 Å². The lowest BCUT2D eigenvalue weighted by atomic mass is 9.96. The van der Waals surface area contributed by atoms with E-state index in [0.717, 1.165) is 5.92 Å². The zero-order valence-corrected chi connectivity index (χ0v) is 8.86. The number of hydrogen-bond donors (Lipinski definition) is 0. The average molecular weight is 172 g/mol. The third-order valence-electron chi connectivity index (χ3n) is 2.28. The predicted molar refractivity (Wildman–Crippen MR) is 54.8 cm³/mol. The normalized spacial score (nSPS) is 38.4. The standard InChI is InChI=1S/C8H18BOP/c1-5(2)3-6-4-7(11)8(9)10-6/h5-8H,3-4,9,11H2,1-2H3. The minimum Gasteiger partial charge on any atom is -0.383 e. The van der Waals surface area contributed by atoms with Crippen molar-refractivity contribution in [3.05, 3.63) is 0 Å². The van der Waals surface area contributed by atoms with E-state index in [-0.39, 0.29) is 0 Å². The molecule has 0 bridgehead atoms. The molecule has 1 aliphatic rings. The first kappa shape index (κ1) is 9.54. The van der Waals surface area contributed by atoms with Crippen molar-refractivity contribution in [3.8, 4) is 0 Å². The second-order valence-corrected chi connectivity index (χ2v) is 4.85. The second kappa shape index (κ2) is 3.91. The van der Waals surface area contributed by atoms with Crippen molar-refractivity contribution in [2.75, 3.05) is 0 Å². The molecule has 1 fully saturated rings. The molecule has 1 rings (SSSR count). The maximum absolute atomic E-state index is 5.76. The van der Waals surface area contributed by atoms with Crippen LogP contribution in [0, 0.1) is 5.92 Å². The molecule has 0 aliphatic carbocycles. The quantitative estimate of drug-likeness (QED) is 0.446. The lowest BCUT2D eigenvalue weighted by molar-refractivity contribution is 0.0737. The first-order chi connectivity index (χ1) is 5.09. The van der Waals surface area contributed by atoms with Crippen LogP contribution in [0.4, 0.5) is 0 Å². The zero-order valence-electron chi connectivity index (χ0n) is 7.71. The Kier molecular flexibility index (Phi) is 3.39. The molecule has 0 N–H and O–H groups in total. The van der Waals surface area contributed by atoms with Gasteiger partial charge in [0, 0.05) is 6.00 Å². The fourth-order valence-electron chi connectivity index (χ4n) is 1.63. The van der Waals surface area contributed by atoms with E-state index in [2.05, 4.69) is 30.9 Å². The van der Waals surface area contributed by atoms with Gasteiger partial charge < -0.3 is 4.74 Å². The zero-order chi connectivity index (χ0) is 8.43. The van der Waals surface area contributed by atoms with Crippen LogP contribution in [0.15, 0.2) is 0 Å². The molecule has 0 amide bonds. The Morgan fingerprint density at radius 3 is 2.64 bits per heavy atom. The highest BCUT2D eigenvalue weighted by atomic mass is 31.0. The minimum absolute atomic E-state index is 0.448. The first-order valence-electron chi connectivity index (χ1n) is 4.50. The van der Waals surface area contributed by atoms with Crippen LogP contribution in [0.2, 0.25) is 0 Å². The van der Waals surface area contributed by atoms with Crippen LogP contribution < -0.4 is 0 Å². The van der Waals surface area contributed by atoms with E-state index in [4.69, 9.17) is 4.74 Å². The molecule has 1 nitrogen and oxygen atoms in total. The SMILES string of the molecule is BC1OC(CC(C)C)CC1P. The van der Waals surface area contributed by atoms with Gasteiger partial charge in [0.25, 0.3) is 0 Å². The largest absolute Gasteiger partial charge is 0.383 e. The van der Waals surface area contributed by atoms with Gasteiger partial charge in [-0.05, 0) is 24.4 Å². The topological polar surface area (TPSA) is 9.23 Å². The molecule has 4 atom stereocenters. The molecule has 4 unspecified atom stereocenters. The number of hydrogen-bond acceptors (Lipinski definition) is 1. The van der Waals surface area contributed by atoms with Crippen molar-refractivity contribution in [2.24, 2.45) is 5.92 Å². The number of rotatable bonds is 2.